The molecule has 2 aromatic rings. The van der Waals surface area contributed by atoms with Gasteiger partial charge in [-0.25, -0.2) is 8.78 Å². The molecule has 4 rings (SSSR count). The monoisotopic (exact) mass is 432 g/mol. The summed E-state index contributed by atoms with van der Waals surface area (Å²) in [6, 6.07) is 5.30. The highest BCUT2D eigenvalue weighted by atomic mass is 32.1. The Kier molecular flexibility index (Phi) is 6.18. The fourth-order valence-electron chi connectivity index (χ4n) is 4.37. The minimum atomic E-state index is -0.601. The zero-order valence-electron chi connectivity index (χ0n) is 17.0. The summed E-state index contributed by atoms with van der Waals surface area (Å²) < 4.78 is 27.7. The number of likely N-dealkylation sites (N-methyl/N-ethyl adjacent to an activating group) is 1. The number of piperidine rings is 1. The van der Waals surface area contributed by atoms with E-state index >= 15 is 0 Å². The predicted octanol–water partition coefficient (Wildman–Crippen LogP) is 4.36. The molecule has 0 spiro atoms. The summed E-state index contributed by atoms with van der Waals surface area (Å²) in [5.41, 5.74) is 1.14. The van der Waals surface area contributed by atoms with Crippen molar-refractivity contribution in [1.82, 2.24) is 9.80 Å². The number of amides is 2. The van der Waals surface area contributed by atoms with Crippen molar-refractivity contribution in [1.29, 1.82) is 0 Å². The van der Waals surface area contributed by atoms with Crippen molar-refractivity contribution < 1.29 is 18.4 Å². The van der Waals surface area contributed by atoms with Gasteiger partial charge in [-0.3, -0.25) is 9.59 Å². The number of rotatable bonds is 6. The molecule has 1 aromatic carbocycles. The summed E-state index contributed by atoms with van der Waals surface area (Å²) in [5.74, 6) is -0.783. The zero-order chi connectivity index (χ0) is 21.3. The molecule has 7 heteroatoms. The molecular formula is C23H26F2N2O2S. The lowest BCUT2D eigenvalue weighted by Gasteiger charge is -2.40. The Morgan fingerprint density at radius 1 is 1.17 bits per heavy atom. The van der Waals surface area contributed by atoms with Gasteiger partial charge in [0.1, 0.15) is 11.6 Å². The van der Waals surface area contributed by atoms with Gasteiger partial charge in [-0.2, -0.15) is 11.3 Å². The molecule has 0 bridgehead atoms. The average Bonchev–Trinajstić information content (AvgIpc) is 3.45. The van der Waals surface area contributed by atoms with Crippen LogP contribution in [0.3, 0.4) is 0 Å². The smallest absolute Gasteiger partial charge is 0.254 e. The topological polar surface area (TPSA) is 40.6 Å². The molecule has 2 fully saturated rings. The Morgan fingerprint density at radius 3 is 2.50 bits per heavy atom. The summed E-state index contributed by atoms with van der Waals surface area (Å²) in [5, 5.41) is 3.75. The third kappa shape index (κ3) is 4.56. The number of carbonyl (C=O) groups is 2. The highest BCUT2D eigenvalue weighted by Crippen LogP contribution is 2.34. The zero-order valence-corrected chi connectivity index (χ0v) is 17.8. The van der Waals surface area contributed by atoms with Gasteiger partial charge in [-0.1, -0.05) is 6.07 Å². The van der Waals surface area contributed by atoms with Crippen molar-refractivity contribution in [2.24, 2.45) is 11.8 Å². The molecule has 2 heterocycles. The maximum atomic E-state index is 14.3. The standard InChI is InChI=1S/C23H26F2N2O2S/c1-26(22(28)16-2-3-16)21(12-17-4-5-19(24)13-20(17)25)15-6-9-27(10-7-15)23(29)18-8-11-30-14-18/h4-5,8,11,13-16,21H,2-3,6-7,9-10,12H2,1H3. The fraction of sp³-hybridized carbons (Fsp3) is 0.478. The first-order valence-corrected chi connectivity index (χ1v) is 11.4. The highest BCUT2D eigenvalue weighted by Gasteiger charge is 2.38. The molecule has 1 unspecified atom stereocenters. The molecule has 1 atom stereocenters. The Bertz CT molecular complexity index is 906. The van der Waals surface area contributed by atoms with E-state index in [0.29, 0.717) is 30.6 Å². The normalized spacial score (nSPS) is 18.3. The third-order valence-corrected chi connectivity index (χ3v) is 7.04. The molecule has 2 amide bonds. The SMILES string of the molecule is CN(C(=O)C1CC1)C(Cc1ccc(F)cc1F)C1CCN(C(=O)c2ccsc2)CC1. The van der Waals surface area contributed by atoms with Crippen LogP contribution in [0.25, 0.3) is 0 Å². The van der Waals surface area contributed by atoms with Gasteiger partial charge < -0.3 is 9.80 Å². The van der Waals surface area contributed by atoms with Crippen molar-refractivity contribution >= 4 is 23.2 Å². The van der Waals surface area contributed by atoms with Crippen LogP contribution in [0.5, 0.6) is 0 Å². The molecule has 1 aliphatic carbocycles. The van der Waals surface area contributed by atoms with E-state index in [4.69, 9.17) is 0 Å². The van der Waals surface area contributed by atoms with Crippen LogP contribution in [-0.2, 0) is 11.2 Å². The van der Waals surface area contributed by atoms with E-state index in [0.717, 1.165) is 31.7 Å². The van der Waals surface area contributed by atoms with Crippen molar-refractivity contribution in [2.45, 2.75) is 38.1 Å². The van der Waals surface area contributed by atoms with Crippen LogP contribution in [0.2, 0.25) is 0 Å². The number of likely N-dealkylation sites (tertiary alicyclic amines) is 1. The number of halogens is 2. The van der Waals surface area contributed by atoms with Crippen LogP contribution in [-0.4, -0.2) is 47.8 Å². The Labute approximate surface area is 179 Å². The lowest BCUT2D eigenvalue weighted by molar-refractivity contribution is -0.134. The summed E-state index contributed by atoms with van der Waals surface area (Å²) in [6.45, 7) is 1.24. The minimum absolute atomic E-state index is 0.0400. The largest absolute Gasteiger partial charge is 0.342 e. The number of hydrogen-bond donors (Lipinski definition) is 0. The Balaban J connectivity index is 1.48. The summed E-state index contributed by atoms with van der Waals surface area (Å²) in [7, 11) is 1.80. The van der Waals surface area contributed by atoms with Gasteiger partial charge in [0, 0.05) is 43.5 Å². The third-order valence-electron chi connectivity index (χ3n) is 6.35. The molecule has 2 aliphatic rings. The maximum Gasteiger partial charge on any atom is 0.254 e. The molecular weight excluding hydrogens is 406 g/mol. The van der Waals surface area contributed by atoms with Crippen LogP contribution in [0.1, 0.15) is 41.6 Å². The van der Waals surface area contributed by atoms with E-state index < -0.39 is 11.6 Å². The second-order valence-electron chi connectivity index (χ2n) is 8.37. The first-order chi connectivity index (χ1) is 14.4. The van der Waals surface area contributed by atoms with E-state index in [9.17, 15) is 18.4 Å². The van der Waals surface area contributed by atoms with Gasteiger partial charge in [-0.05, 0) is 61.1 Å². The number of thiophene rings is 1. The average molecular weight is 433 g/mol. The van der Waals surface area contributed by atoms with Gasteiger partial charge in [0.2, 0.25) is 5.91 Å². The summed E-state index contributed by atoms with van der Waals surface area (Å²) in [4.78, 5) is 29.0. The van der Waals surface area contributed by atoms with E-state index in [1.54, 1.807) is 11.9 Å². The van der Waals surface area contributed by atoms with Crippen LogP contribution in [0.4, 0.5) is 8.78 Å². The molecule has 1 saturated heterocycles. The van der Waals surface area contributed by atoms with Crippen LogP contribution < -0.4 is 0 Å². The minimum Gasteiger partial charge on any atom is -0.342 e. The van der Waals surface area contributed by atoms with Gasteiger partial charge in [0.05, 0.1) is 5.56 Å². The van der Waals surface area contributed by atoms with E-state index in [-0.39, 0.29) is 29.7 Å². The quantitative estimate of drug-likeness (QED) is 0.681. The lowest BCUT2D eigenvalue weighted by Crippen LogP contribution is -2.49. The summed E-state index contributed by atoms with van der Waals surface area (Å²) >= 11 is 1.50. The van der Waals surface area contributed by atoms with Gasteiger partial charge in [0.15, 0.2) is 0 Å². The number of carbonyl (C=O) groups excluding carboxylic acids is 2. The van der Waals surface area contributed by atoms with E-state index in [1.807, 2.05) is 21.7 Å². The lowest BCUT2D eigenvalue weighted by atomic mass is 9.84. The van der Waals surface area contributed by atoms with Crippen molar-refractivity contribution in [2.75, 3.05) is 20.1 Å². The predicted molar refractivity (Wildman–Crippen MR) is 112 cm³/mol. The number of nitrogens with zero attached hydrogens (tertiary/aromatic N) is 2. The molecule has 0 N–H and O–H groups in total. The molecule has 160 valence electrons. The molecule has 0 radical (unpaired) electrons. The van der Waals surface area contributed by atoms with Crippen molar-refractivity contribution in [3.05, 3.63) is 57.8 Å². The van der Waals surface area contributed by atoms with Gasteiger partial charge in [0.25, 0.3) is 5.91 Å². The second kappa shape index (κ2) is 8.84. The Hall–Kier alpha value is -2.28. The molecule has 1 saturated carbocycles. The van der Waals surface area contributed by atoms with E-state index in [1.165, 1.54) is 23.5 Å². The van der Waals surface area contributed by atoms with E-state index in [2.05, 4.69) is 0 Å². The Morgan fingerprint density at radius 2 is 1.90 bits per heavy atom. The summed E-state index contributed by atoms with van der Waals surface area (Å²) in [6.07, 6.45) is 3.68. The van der Waals surface area contributed by atoms with Crippen LogP contribution in [0.15, 0.2) is 35.0 Å². The van der Waals surface area contributed by atoms with Gasteiger partial charge in [-0.15, -0.1) is 0 Å². The van der Waals surface area contributed by atoms with Crippen molar-refractivity contribution in [3.8, 4) is 0 Å². The van der Waals surface area contributed by atoms with Crippen LogP contribution in [0, 0.1) is 23.5 Å². The molecule has 4 nitrogen and oxygen atoms in total. The maximum absolute atomic E-state index is 14.3. The van der Waals surface area contributed by atoms with Crippen LogP contribution >= 0.6 is 11.3 Å². The molecule has 1 aromatic heterocycles. The molecule has 30 heavy (non-hydrogen) atoms. The number of hydrogen-bond acceptors (Lipinski definition) is 3. The number of benzene rings is 1. The fourth-order valence-corrected chi connectivity index (χ4v) is 5.00. The first-order valence-electron chi connectivity index (χ1n) is 10.5. The molecule has 1 aliphatic heterocycles. The second-order valence-corrected chi connectivity index (χ2v) is 9.15. The van der Waals surface area contributed by atoms with Crippen molar-refractivity contribution in [3.63, 3.8) is 0 Å². The highest BCUT2D eigenvalue weighted by molar-refractivity contribution is 7.08. The first kappa shape index (κ1) is 21.0. The van der Waals surface area contributed by atoms with Gasteiger partial charge >= 0.3 is 0 Å².